The van der Waals surface area contributed by atoms with Crippen LogP contribution in [0.5, 0.6) is 11.5 Å². The van der Waals surface area contributed by atoms with Crippen molar-refractivity contribution in [3.63, 3.8) is 0 Å². The molecular weight excluding hydrogens is 530 g/mol. The molecule has 1 saturated carbocycles. The second-order valence-electron chi connectivity index (χ2n) is 11.6. The number of hydrogen-bond acceptors (Lipinski definition) is 10. The molecule has 216 valence electrons. The number of likely N-dealkylation sites (N-methyl/N-ethyl adjacent to an activating group) is 1. The third-order valence-corrected chi connectivity index (χ3v) is 9.16. The molecule has 6 N–H and O–H groups in total. The summed E-state index contributed by atoms with van der Waals surface area (Å²) in [6, 6.07) is 5.94. The molecule has 2 aromatic carbocycles. The summed E-state index contributed by atoms with van der Waals surface area (Å²) in [5.41, 5.74) is 2.25. The number of aliphatic hydroxyl groups excluding tert-OH is 2. The summed E-state index contributed by atoms with van der Waals surface area (Å²) in [5, 5.41) is 46.8. The number of nitrogens with two attached hydrogens (primary N) is 1. The number of benzene rings is 2. The summed E-state index contributed by atoms with van der Waals surface area (Å²) in [5.74, 6) is -6.27. The van der Waals surface area contributed by atoms with Crippen LogP contribution in [0, 0.1) is 11.8 Å². The van der Waals surface area contributed by atoms with E-state index in [1.54, 1.807) is 26.2 Å². The second kappa shape index (κ2) is 9.57. The van der Waals surface area contributed by atoms with E-state index in [9.17, 15) is 34.8 Å². The maximum atomic E-state index is 14.1. The minimum Gasteiger partial charge on any atom is -0.508 e. The van der Waals surface area contributed by atoms with Gasteiger partial charge in [-0.25, -0.2) is 0 Å². The first-order valence-corrected chi connectivity index (χ1v) is 13.7. The molecule has 1 heterocycles. The average Bonchev–Trinajstić information content (AvgIpc) is 2.88. The van der Waals surface area contributed by atoms with Gasteiger partial charge in [0.05, 0.1) is 11.6 Å². The van der Waals surface area contributed by atoms with E-state index in [0.29, 0.717) is 35.2 Å². The number of phenolic OH excluding ortho intramolecular Hbond substituents is 1. The minimum atomic E-state index is -2.67. The Hall–Kier alpha value is -3.93. The highest BCUT2D eigenvalue weighted by Gasteiger charge is 2.64. The van der Waals surface area contributed by atoms with E-state index in [-0.39, 0.29) is 29.7 Å². The zero-order valence-electron chi connectivity index (χ0n) is 22.9. The first kappa shape index (κ1) is 27.3. The molecule has 3 aliphatic carbocycles. The molecule has 1 amide bonds. The predicted molar refractivity (Wildman–Crippen MR) is 148 cm³/mol. The van der Waals surface area contributed by atoms with Gasteiger partial charge in [-0.05, 0) is 52.4 Å². The van der Waals surface area contributed by atoms with Crippen LogP contribution in [-0.4, -0.2) is 99.7 Å². The number of ether oxygens (including phenoxy) is 1. The number of carbonyl (C=O) groups excluding carboxylic acids is 3. The molecule has 11 nitrogen and oxygen atoms in total. The average molecular weight is 564 g/mol. The van der Waals surface area contributed by atoms with E-state index in [2.05, 4.69) is 4.90 Å². The fourth-order valence-corrected chi connectivity index (χ4v) is 7.07. The number of ketones is 2. The van der Waals surface area contributed by atoms with Crippen LogP contribution in [0.25, 0.3) is 16.5 Å². The second-order valence-corrected chi connectivity index (χ2v) is 11.6. The molecule has 1 aliphatic heterocycles. The lowest BCUT2D eigenvalue weighted by Crippen LogP contribution is -2.65. The molecule has 4 aliphatic rings. The molecule has 11 heteroatoms. The third kappa shape index (κ3) is 3.79. The van der Waals surface area contributed by atoms with Crippen molar-refractivity contribution < 1.29 is 39.5 Å². The number of likely N-dealkylation sites (tertiary alicyclic amines) is 1. The van der Waals surface area contributed by atoms with Crippen LogP contribution in [0.3, 0.4) is 0 Å². The highest BCUT2D eigenvalue weighted by molar-refractivity contribution is 6.24. The molecule has 41 heavy (non-hydrogen) atoms. The number of carbonyl (C=O) groups is 3. The van der Waals surface area contributed by atoms with Crippen molar-refractivity contribution in [1.29, 1.82) is 0 Å². The normalized spacial score (nSPS) is 28.0. The molecule has 0 bridgehead atoms. The summed E-state index contributed by atoms with van der Waals surface area (Å²) in [6.45, 7) is 3.11. The smallest absolute Gasteiger partial charge is 0.255 e. The lowest BCUT2D eigenvalue weighted by molar-refractivity contribution is -0.153. The van der Waals surface area contributed by atoms with Crippen LogP contribution in [0.1, 0.15) is 24.0 Å². The number of nitrogens with zero attached hydrogens (tertiary/aromatic N) is 2. The lowest BCUT2D eigenvalue weighted by Gasteiger charge is -2.50. The van der Waals surface area contributed by atoms with Gasteiger partial charge in [0.1, 0.15) is 35.2 Å². The summed E-state index contributed by atoms with van der Waals surface area (Å²) >= 11 is 0. The number of fused-ring (bicyclic) bond motifs is 4. The SMILES string of the molecule is CN(C)[C@@H]1C(=O)C(C(N)=O)=C(O)[C@@]2(O)C(=O)C3=C(O)c4c(c(OCCN5CCC5)c5ccccc5c4O)C[C@H]3C[C@@H]12. The minimum absolute atomic E-state index is 0.0204. The maximum Gasteiger partial charge on any atom is 0.255 e. The largest absolute Gasteiger partial charge is 0.508 e. The topological polar surface area (TPSA) is 174 Å². The molecule has 0 unspecified atom stereocenters. The van der Waals surface area contributed by atoms with Gasteiger partial charge >= 0.3 is 0 Å². The molecular formula is C30H33N3O8. The summed E-state index contributed by atoms with van der Waals surface area (Å²) in [6.07, 6.45) is 1.34. The van der Waals surface area contributed by atoms with E-state index in [1.807, 2.05) is 12.1 Å². The van der Waals surface area contributed by atoms with Gasteiger partial charge in [0.2, 0.25) is 5.78 Å². The Bertz CT molecular complexity index is 1570. The van der Waals surface area contributed by atoms with E-state index in [1.165, 1.54) is 4.90 Å². The van der Waals surface area contributed by atoms with Crippen molar-refractivity contribution in [1.82, 2.24) is 9.80 Å². The van der Waals surface area contributed by atoms with Crippen LogP contribution in [0.4, 0.5) is 0 Å². The van der Waals surface area contributed by atoms with Crippen molar-refractivity contribution in [2.24, 2.45) is 17.6 Å². The van der Waals surface area contributed by atoms with Crippen LogP contribution >= 0.6 is 0 Å². The molecule has 0 aromatic heterocycles. The molecule has 0 radical (unpaired) electrons. The van der Waals surface area contributed by atoms with Crippen LogP contribution in [0.2, 0.25) is 0 Å². The van der Waals surface area contributed by atoms with Gasteiger partial charge in [-0.15, -0.1) is 0 Å². The van der Waals surface area contributed by atoms with Crippen LogP contribution in [-0.2, 0) is 20.8 Å². The van der Waals surface area contributed by atoms with Gasteiger partial charge in [0, 0.05) is 34.4 Å². The van der Waals surface area contributed by atoms with E-state index in [0.717, 1.165) is 19.5 Å². The maximum absolute atomic E-state index is 14.1. The van der Waals surface area contributed by atoms with Crippen molar-refractivity contribution in [2.75, 3.05) is 40.3 Å². The number of rotatable bonds is 6. The van der Waals surface area contributed by atoms with E-state index >= 15 is 0 Å². The van der Waals surface area contributed by atoms with E-state index in [4.69, 9.17) is 10.5 Å². The Kier molecular flexibility index (Phi) is 6.36. The van der Waals surface area contributed by atoms with Crippen LogP contribution in [0.15, 0.2) is 41.2 Å². The monoisotopic (exact) mass is 563 g/mol. The fourth-order valence-electron chi connectivity index (χ4n) is 7.07. The number of Topliss-reactive ketones (excluding diaryl/α,β-unsaturated/α-hetero) is 2. The van der Waals surface area contributed by atoms with Gasteiger partial charge in [0.25, 0.3) is 5.91 Å². The predicted octanol–water partition coefficient (Wildman–Crippen LogP) is 1.20. The summed E-state index contributed by atoms with van der Waals surface area (Å²) in [7, 11) is 3.14. The van der Waals surface area contributed by atoms with Crippen molar-refractivity contribution in [3.05, 3.63) is 52.3 Å². The Morgan fingerprint density at radius 3 is 2.44 bits per heavy atom. The van der Waals surface area contributed by atoms with Crippen LogP contribution < -0.4 is 10.5 Å². The van der Waals surface area contributed by atoms with Crippen molar-refractivity contribution >= 4 is 34.0 Å². The highest BCUT2D eigenvalue weighted by atomic mass is 16.5. The Balaban J connectivity index is 1.53. The number of hydrogen-bond donors (Lipinski definition) is 5. The number of aromatic hydroxyl groups is 1. The quantitative estimate of drug-likeness (QED) is 0.321. The molecule has 1 saturated heterocycles. The van der Waals surface area contributed by atoms with Gasteiger partial charge in [0.15, 0.2) is 11.4 Å². The number of phenols is 1. The zero-order valence-corrected chi connectivity index (χ0v) is 22.9. The molecule has 2 aromatic rings. The first-order chi connectivity index (χ1) is 19.5. The zero-order chi connectivity index (χ0) is 29.4. The van der Waals surface area contributed by atoms with E-state index < -0.39 is 58.0 Å². The number of amides is 1. The Labute approximate surface area is 236 Å². The Morgan fingerprint density at radius 2 is 1.83 bits per heavy atom. The highest BCUT2D eigenvalue weighted by Crippen LogP contribution is 2.55. The molecule has 2 fully saturated rings. The first-order valence-electron chi connectivity index (χ1n) is 13.7. The van der Waals surface area contributed by atoms with Gasteiger partial charge in [-0.1, -0.05) is 24.3 Å². The van der Waals surface area contributed by atoms with Crippen molar-refractivity contribution in [3.8, 4) is 11.5 Å². The molecule has 6 rings (SSSR count). The van der Waals surface area contributed by atoms with Gasteiger partial charge < -0.3 is 30.9 Å². The molecule has 4 atom stereocenters. The summed E-state index contributed by atoms with van der Waals surface area (Å²) < 4.78 is 6.31. The standard InChI is InChI=1S/C30H33N3O8/c1-32(2)22-18-13-14-12-17-20(24(35)19(14)27(37)30(18,40)28(38)21(25(22)36)29(31)39)23(34)15-6-3-4-7-16(15)26(17)41-11-10-33-8-5-9-33/h3-4,6-7,14,18,22,34-35,38,40H,5,8-13H2,1-2H3,(H2,31,39)/t14-,18-,22-,30-/m0/s1. The van der Waals surface area contributed by atoms with Gasteiger partial charge in [-0.3, -0.25) is 24.2 Å². The summed E-state index contributed by atoms with van der Waals surface area (Å²) in [4.78, 5) is 43.3. The third-order valence-electron chi connectivity index (χ3n) is 9.16. The number of aliphatic hydroxyl groups is 3. The van der Waals surface area contributed by atoms with Gasteiger partial charge in [-0.2, -0.15) is 0 Å². The molecule has 0 spiro atoms. The number of primary amides is 1. The fraction of sp³-hybridized carbons (Fsp3) is 0.433. The van der Waals surface area contributed by atoms with Crippen molar-refractivity contribution in [2.45, 2.75) is 30.9 Å². The lowest BCUT2D eigenvalue weighted by atomic mass is 9.57. The Morgan fingerprint density at radius 1 is 1.15 bits per heavy atom.